The quantitative estimate of drug-likeness (QED) is 0.534. The summed E-state index contributed by atoms with van der Waals surface area (Å²) >= 11 is 0. The molecule has 0 radical (unpaired) electrons. The number of carboxylic acid groups (broad SMARTS) is 1. The Balaban J connectivity index is 2.25. The number of hydrogen-bond acceptors (Lipinski definition) is 4. The van der Waals surface area contributed by atoms with Crippen molar-refractivity contribution in [2.75, 3.05) is 13.2 Å². The summed E-state index contributed by atoms with van der Waals surface area (Å²) < 4.78 is 5.14. The van der Waals surface area contributed by atoms with Gasteiger partial charge in [0.2, 0.25) is 5.91 Å². The first-order valence-corrected chi connectivity index (χ1v) is 8.02. The molecular weight excluding hydrogens is 310 g/mol. The second kappa shape index (κ2) is 9.05. The molecule has 1 rings (SSSR count). The fourth-order valence-corrected chi connectivity index (χ4v) is 1.83. The Bertz CT molecular complexity index is 578. The number of aromatic carboxylic acids is 1. The summed E-state index contributed by atoms with van der Waals surface area (Å²) in [5.74, 6) is -1.37. The lowest BCUT2D eigenvalue weighted by Crippen LogP contribution is -2.31. The van der Waals surface area contributed by atoms with E-state index in [1.165, 1.54) is 12.1 Å². The number of carboxylic acids is 1. The number of hydrogen-bond donors (Lipinski definition) is 2. The number of aryl methyl sites for hydroxylation is 1. The van der Waals surface area contributed by atoms with Gasteiger partial charge in [-0.25, -0.2) is 4.79 Å². The van der Waals surface area contributed by atoms with Gasteiger partial charge in [-0.2, -0.15) is 0 Å². The summed E-state index contributed by atoms with van der Waals surface area (Å²) in [6, 6.07) is 6.44. The Kier molecular flexibility index (Phi) is 7.42. The van der Waals surface area contributed by atoms with Crippen molar-refractivity contribution in [2.24, 2.45) is 5.41 Å². The van der Waals surface area contributed by atoms with Crippen LogP contribution in [0.15, 0.2) is 24.3 Å². The van der Waals surface area contributed by atoms with Crippen molar-refractivity contribution in [3.63, 3.8) is 0 Å². The molecule has 0 fully saturated rings. The van der Waals surface area contributed by atoms with Gasteiger partial charge in [0.15, 0.2) is 0 Å². The van der Waals surface area contributed by atoms with E-state index in [0.717, 1.165) is 5.56 Å². The summed E-state index contributed by atoms with van der Waals surface area (Å²) in [6.45, 7) is 6.00. The highest BCUT2D eigenvalue weighted by atomic mass is 16.5. The average molecular weight is 335 g/mol. The highest BCUT2D eigenvalue weighted by molar-refractivity contribution is 5.87. The van der Waals surface area contributed by atoms with Crippen LogP contribution in [0.25, 0.3) is 0 Å². The minimum atomic E-state index is -0.972. The Morgan fingerprint density at radius 1 is 1.17 bits per heavy atom. The molecular formula is C18H25NO5. The molecule has 0 saturated heterocycles. The minimum Gasteiger partial charge on any atom is -0.478 e. The number of nitrogens with one attached hydrogen (secondary N) is 1. The van der Waals surface area contributed by atoms with Crippen LogP contribution in [0.4, 0.5) is 0 Å². The highest BCUT2D eigenvalue weighted by Crippen LogP contribution is 2.21. The van der Waals surface area contributed by atoms with Crippen LogP contribution in [0.1, 0.15) is 49.5 Å². The molecule has 132 valence electrons. The monoisotopic (exact) mass is 335 g/mol. The maximum Gasteiger partial charge on any atom is 0.335 e. The van der Waals surface area contributed by atoms with Gasteiger partial charge >= 0.3 is 11.9 Å². The number of benzene rings is 1. The van der Waals surface area contributed by atoms with Gasteiger partial charge < -0.3 is 15.2 Å². The van der Waals surface area contributed by atoms with E-state index in [1.807, 2.05) is 20.8 Å². The molecule has 2 N–H and O–H groups in total. The summed E-state index contributed by atoms with van der Waals surface area (Å²) in [5.41, 5.74) is 0.609. The Hall–Kier alpha value is -2.37. The molecule has 0 aliphatic rings. The molecule has 0 heterocycles. The van der Waals surface area contributed by atoms with Gasteiger partial charge in [-0.1, -0.05) is 19.1 Å². The van der Waals surface area contributed by atoms with Crippen LogP contribution in [0.5, 0.6) is 0 Å². The van der Waals surface area contributed by atoms with Gasteiger partial charge in [0, 0.05) is 6.42 Å². The van der Waals surface area contributed by atoms with Gasteiger partial charge in [0.25, 0.3) is 0 Å². The SMILES string of the molecule is CCC(C)(C)C(=O)OCCNC(=O)CCc1ccc(C(=O)O)cc1. The predicted molar refractivity (Wildman–Crippen MR) is 89.8 cm³/mol. The second-order valence-electron chi connectivity index (χ2n) is 6.23. The third-order valence-electron chi connectivity index (χ3n) is 3.94. The zero-order chi connectivity index (χ0) is 18.2. The molecule has 0 atom stereocenters. The molecule has 0 bridgehead atoms. The third kappa shape index (κ3) is 6.40. The highest BCUT2D eigenvalue weighted by Gasteiger charge is 2.26. The first kappa shape index (κ1) is 19.7. The Labute approximate surface area is 142 Å². The summed E-state index contributed by atoms with van der Waals surface area (Å²) in [6.07, 6.45) is 1.51. The largest absolute Gasteiger partial charge is 0.478 e. The van der Waals surface area contributed by atoms with Crippen molar-refractivity contribution in [2.45, 2.75) is 40.0 Å². The molecule has 1 aromatic rings. The molecule has 0 unspecified atom stereocenters. The van der Waals surface area contributed by atoms with E-state index < -0.39 is 11.4 Å². The average Bonchev–Trinajstić information content (AvgIpc) is 2.56. The Morgan fingerprint density at radius 3 is 2.33 bits per heavy atom. The van der Waals surface area contributed by atoms with Crippen LogP contribution in [0.2, 0.25) is 0 Å². The lowest BCUT2D eigenvalue weighted by molar-refractivity contribution is -0.154. The topological polar surface area (TPSA) is 92.7 Å². The van der Waals surface area contributed by atoms with Crippen molar-refractivity contribution in [3.05, 3.63) is 35.4 Å². The molecule has 1 amide bonds. The lowest BCUT2D eigenvalue weighted by Gasteiger charge is -2.20. The van der Waals surface area contributed by atoms with Gasteiger partial charge in [0.05, 0.1) is 17.5 Å². The maximum atomic E-state index is 11.7. The second-order valence-corrected chi connectivity index (χ2v) is 6.23. The van der Waals surface area contributed by atoms with Gasteiger partial charge in [-0.05, 0) is 44.4 Å². The summed E-state index contributed by atoms with van der Waals surface area (Å²) in [5, 5.41) is 11.5. The van der Waals surface area contributed by atoms with E-state index in [4.69, 9.17) is 9.84 Å². The fraction of sp³-hybridized carbons (Fsp3) is 0.500. The molecule has 6 nitrogen and oxygen atoms in total. The van der Waals surface area contributed by atoms with Crippen LogP contribution < -0.4 is 5.32 Å². The van der Waals surface area contributed by atoms with Crippen LogP contribution in [0, 0.1) is 5.41 Å². The van der Waals surface area contributed by atoms with Crippen LogP contribution >= 0.6 is 0 Å². The van der Waals surface area contributed by atoms with Crippen molar-refractivity contribution < 1.29 is 24.2 Å². The number of esters is 1. The van der Waals surface area contributed by atoms with E-state index in [2.05, 4.69) is 5.32 Å². The third-order valence-corrected chi connectivity index (χ3v) is 3.94. The van der Waals surface area contributed by atoms with E-state index in [-0.39, 0.29) is 30.6 Å². The van der Waals surface area contributed by atoms with Gasteiger partial charge in [-0.3, -0.25) is 9.59 Å². The molecule has 0 aliphatic heterocycles. The molecule has 0 aliphatic carbocycles. The zero-order valence-electron chi connectivity index (χ0n) is 14.4. The molecule has 0 aromatic heterocycles. The van der Waals surface area contributed by atoms with E-state index in [1.54, 1.807) is 12.1 Å². The number of carbonyl (C=O) groups is 3. The molecule has 1 aromatic carbocycles. The summed E-state index contributed by atoms with van der Waals surface area (Å²) in [4.78, 5) is 34.2. The van der Waals surface area contributed by atoms with E-state index in [0.29, 0.717) is 19.3 Å². The normalized spacial score (nSPS) is 11.0. The van der Waals surface area contributed by atoms with E-state index >= 15 is 0 Å². The minimum absolute atomic E-state index is 0.136. The standard InChI is InChI=1S/C18H25NO5/c1-4-18(2,3)17(23)24-12-11-19-15(20)10-7-13-5-8-14(9-6-13)16(21)22/h5-6,8-9H,4,7,10-12H2,1-3H3,(H,19,20)(H,21,22). The molecule has 6 heteroatoms. The van der Waals surface area contributed by atoms with Gasteiger partial charge in [0.1, 0.15) is 6.61 Å². The van der Waals surface area contributed by atoms with E-state index in [9.17, 15) is 14.4 Å². The maximum absolute atomic E-state index is 11.7. The molecule has 0 spiro atoms. The van der Waals surface area contributed by atoms with Crippen LogP contribution in [-0.2, 0) is 20.7 Å². The Morgan fingerprint density at radius 2 is 1.79 bits per heavy atom. The molecule has 24 heavy (non-hydrogen) atoms. The smallest absolute Gasteiger partial charge is 0.335 e. The van der Waals surface area contributed by atoms with Gasteiger partial charge in [-0.15, -0.1) is 0 Å². The van der Waals surface area contributed by atoms with Crippen LogP contribution in [-0.4, -0.2) is 36.1 Å². The number of ether oxygens (including phenoxy) is 1. The lowest BCUT2D eigenvalue weighted by atomic mass is 9.91. The van der Waals surface area contributed by atoms with Crippen molar-refractivity contribution in [1.82, 2.24) is 5.32 Å². The number of carbonyl (C=O) groups excluding carboxylic acids is 2. The predicted octanol–water partition coefficient (Wildman–Crippen LogP) is 2.41. The van der Waals surface area contributed by atoms with Crippen LogP contribution in [0.3, 0.4) is 0 Å². The van der Waals surface area contributed by atoms with Crippen molar-refractivity contribution in [1.29, 1.82) is 0 Å². The first-order chi connectivity index (χ1) is 11.3. The number of rotatable bonds is 9. The van der Waals surface area contributed by atoms with Crippen molar-refractivity contribution >= 4 is 17.8 Å². The fourth-order valence-electron chi connectivity index (χ4n) is 1.83. The van der Waals surface area contributed by atoms with Crippen molar-refractivity contribution in [3.8, 4) is 0 Å². The zero-order valence-corrected chi connectivity index (χ0v) is 14.4. The first-order valence-electron chi connectivity index (χ1n) is 8.02. The number of amides is 1. The summed E-state index contributed by atoms with van der Waals surface area (Å²) in [7, 11) is 0. The molecule has 0 saturated carbocycles.